The standard InChI is InChI=1S/C20H24N4O3/c21-20(26)17-11-18(15-5-1-2-6-16(15)22-17)27-13-19(25)24-10-7-14(12-24)23-8-3-4-9-23/h1-2,5-6,11,14H,3-4,7-10,12-13H2,(H2,21,26). The highest BCUT2D eigenvalue weighted by Crippen LogP contribution is 2.26. The average Bonchev–Trinajstić information content (AvgIpc) is 3.36. The van der Waals surface area contributed by atoms with Gasteiger partial charge in [0.15, 0.2) is 6.61 Å². The van der Waals surface area contributed by atoms with Crippen molar-refractivity contribution in [3.05, 3.63) is 36.0 Å². The van der Waals surface area contributed by atoms with Gasteiger partial charge in [0.2, 0.25) is 0 Å². The summed E-state index contributed by atoms with van der Waals surface area (Å²) in [6.07, 6.45) is 3.53. The van der Waals surface area contributed by atoms with E-state index in [0.29, 0.717) is 17.3 Å². The van der Waals surface area contributed by atoms with E-state index in [1.165, 1.54) is 18.9 Å². The molecule has 7 heteroatoms. The van der Waals surface area contributed by atoms with Gasteiger partial charge >= 0.3 is 0 Å². The zero-order chi connectivity index (χ0) is 18.8. The molecule has 1 unspecified atom stereocenters. The molecule has 2 aliphatic heterocycles. The molecule has 2 saturated heterocycles. The Hall–Kier alpha value is -2.67. The van der Waals surface area contributed by atoms with Crippen LogP contribution in [0.2, 0.25) is 0 Å². The van der Waals surface area contributed by atoms with Gasteiger partial charge in [0.1, 0.15) is 11.4 Å². The number of primary amides is 1. The van der Waals surface area contributed by atoms with Crippen molar-refractivity contribution in [1.82, 2.24) is 14.8 Å². The number of aromatic nitrogens is 1. The molecule has 0 bridgehead atoms. The number of para-hydroxylation sites is 1. The first-order valence-electron chi connectivity index (χ1n) is 9.46. The van der Waals surface area contributed by atoms with Gasteiger partial charge in [0.05, 0.1) is 5.52 Å². The number of hydrogen-bond acceptors (Lipinski definition) is 5. The molecule has 2 N–H and O–H groups in total. The van der Waals surface area contributed by atoms with Crippen molar-refractivity contribution in [2.75, 3.05) is 32.8 Å². The fourth-order valence-electron chi connectivity index (χ4n) is 3.99. The Kier molecular flexibility index (Phi) is 4.94. The lowest BCUT2D eigenvalue weighted by atomic mass is 10.2. The second kappa shape index (κ2) is 7.52. The maximum atomic E-state index is 12.6. The zero-order valence-electron chi connectivity index (χ0n) is 15.3. The van der Waals surface area contributed by atoms with Crippen LogP contribution >= 0.6 is 0 Å². The molecule has 3 heterocycles. The summed E-state index contributed by atoms with van der Waals surface area (Å²) in [6.45, 7) is 3.77. The van der Waals surface area contributed by atoms with Gasteiger partial charge < -0.3 is 15.4 Å². The SMILES string of the molecule is NC(=O)c1cc(OCC(=O)N2CCC(N3CCCC3)C2)c2ccccc2n1. The molecular formula is C20H24N4O3. The summed E-state index contributed by atoms with van der Waals surface area (Å²) in [4.78, 5) is 32.7. The number of hydrogen-bond donors (Lipinski definition) is 1. The van der Waals surface area contributed by atoms with Crippen molar-refractivity contribution in [1.29, 1.82) is 0 Å². The first-order valence-corrected chi connectivity index (χ1v) is 9.46. The normalized spacial score (nSPS) is 20.3. The monoisotopic (exact) mass is 368 g/mol. The fraction of sp³-hybridized carbons (Fsp3) is 0.450. The van der Waals surface area contributed by atoms with Crippen LogP contribution in [0.3, 0.4) is 0 Å². The largest absolute Gasteiger partial charge is 0.483 e. The molecule has 0 saturated carbocycles. The van der Waals surface area contributed by atoms with Crippen LogP contribution in [0.1, 0.15) is 29.8 Å². The molecule has 2 aromatic rings. The second-order valence-electron chi connectivity index (χ2n) is 7.20. The lowest BCUT2D eigenvalue weighted by Gasteiger charge is -2.23. The highest BCUT2D eigenvalue weighted by atomic mass is 16.5. The molecular weight excluding hydrogens is 344 g/mol. The Labute approximate surface area is 158 Å². The summed E-state index contributed by atoms with van der Waals surface area (Å²) in [7, 11) is 0. The number of likely N-dealkylation sites (tertiary alicyclic amines) is 2. The molecule has 1 aromatic heterocycles. The van der Waals surface area contributed by atoms with Crippen molar-refractivity contribution >= 4 is 22.7 Å². The fourth-order valence-corrected chi connectivity index (χ4v) is 3.99. The van der Waals surface area contributed by atoms with E-state index in [1.54, 1.807) is 6.07 Å². The number of nitrogens with zero attached hydrogens (tertiary/aromatic N) is 3. The van der Waals surface area contributed by atoms with E-state index in [1.807, 2.05) is 23.1 Å². The number of pyridine rings is 1. The number of carbonyl (C=O) groups is 2. The lowest BCUT2D eigenvalue weighted by Crippen LogP contribution is -2.38. The average molecular weight is 368 g/mol. The highest BCUT2D eigenvalue weighted by molar-refractivity contribution is 5.96. The van der Waals surface area contributed by atoms with Crippen LogP contribution in [0.4, 0.5) is 0 Å². The third kappa shape index (κ3) is 3.73. The first kappa shape index (κ1) is 17.7. The lowest BCUT2D eigenvalue weighted by molar-refractivity contribution is -0.132. The van der Waals surface area contributed by atoms with E-state index < -0.39 is 5.91 Å². The molecule has 0 aliphatic carbocycles. The minimum Gasteiger partial charge on any atom is -0.483 e. The summed E-state index contributed by atoms with van der Waals surface area (Å²) in [5.41, 5.74) is 6.12. The zero-order valence-corrected chi connectivity index (χ0v) is 15.3. The number of nitrogens with two attached hydrogens (primary N) is 1. The van der Waals surface area contributed by atoms with Crippen LogP contribution in [-0.2, 0) is 4.79 Å². The maximum absolute atomic E-state index is 12.6. The van der Waals surface area contributed by atoms with Gasteiger partial charge in [0, 0.05) is 30.6 Å². The van der Waals surface area contributed by atoms with Crippen molar-refractivity contribution < 1.29 is 14.3 Å². The van der Waals surface area contributed by atoms with Gasteiger partial charge in [-0.3, -0.25) is 14.5 Å². The summed E-state index contributed by atoms with van der Waals surface area (Å²) >= 11 is 0. The van der Waals surface area contributed by atoms with Crippen molar-refractivity contribution in [2.45, 2.75) is 25.3 Å². The van der Waals surface area contributed by atoms with E-state index in [0.717, 1.165) is 38.0 Å². The first-order chi connectivity index (χ1) is 13.1. The van der Waals surface area contributed by atoms with Gasteiger partial charge in [-0.1, -0.05) is 12.1 Å². The number of carbonyl (C=O) groups excluding carboxylic acids is 2. The van der Waals surface area contributed by atoms with Gasteiger partial charge in [0.25, 0.3) is 11.8 Å². The molecule has 4 rings (SSSR count). The molecule has 2 fully saturated rings. The van der Waals surface area contributed by atoms with Gasteiger partial charge in [-0.25, -0.2) is 4.98 Å². The molecule has 7 nitrogen and oxygen atoms in total. The predicted octanol–water partition coefficient (Wildman–Crippen LogP) is 1.41. The molecule has 1 atom stereocenters. The van der Waals surface area contributed by atoms with Gasteiger partial charge in [-0.2, -0.15) is 0 Å². The van der Waals surface area contributed by atoms with Gasteiger partial charge in [-0.15, -0.1) is 0 Å². The van der Waals surface area contributed by atoms with Gasteiger partial charge in [-0.05, 0) is 44.5 Å². The Morgan fingerprint density at radius 1 is 1.19 bits per heavy atom. The van der Waals surface area contributed by atoms with E-state index in [2.05, 4.69) is 9.88 Å². The number of rotatable bonds is 5. The van der Waals surface area contributed by atoms with Crippen molar-refractivity contribution in [2.24, 2.45) is 5.73 Å². The topological polar surface area (TPSA) is 88.8 Å². The Morgan fingerprint density at radius 2 is 1.96 bits per heavy atom. The molecule has 0 spiro atoms. The number of benzene rings is 1. The maximum Gasteiger partial charge on any atom is 0.267 e. The van der Waals surface area contributed by atoms with E-state index in [-0.39, 0.29) is 18.2 Å². The smallest absolute Gasteiger partial charge is 0.267 e. The molecule has 142 valence electrons. The third-order valence-electron chi connectivity index (χ3n) is 5.45. The number of ether oxygens (including phenoxy) is 1. The summed E-state index contributed by atoms with van der Waals surface area (Å²) in [5, 5.41) is 0.756. The van der Waals surface area contributed by atoms with E-state index in [9.17, 15) is 9.59 Å². The molecule has 2 amide bonds. The van der Waals surface area contributed by atoms with Crippen molar-refractivity contribution in [3.8, 4) is 5.75 Å². The highest BCUT2D eigenvalue weighted by Gasteiger charge is 2.31. The molecule has 27 heavy (non-hydrogen) atoms. The second-order valence-corrected chi connectivity index (χ2v) is 7.20. The Balaban J connectivity index is 1.44. The molecule has 2 aliphatic rings. The number of fused-ring (bicyclic) bond motifs is 1. The van der Waals surface area contributed by atoms with E-state index in [4.69, 9.17) is 10.5 Å². The number of amides is 2. The van der Waals surface area contributed by atoms with Crippen LogP contribution < -0.4 is 10.5 Å². The summed E-state index contributed by atoms with van der Waals surface area (Å²) < 4.78 is 5.79. The summed E-state index contributed by atoms with van der Waals surface area (Å²) in [5.74, 6) is -0.193. The van der Waals surface area contributed by atoms with Crippen molar-refractivity contribution in [3.63, 3.8) is 0 Å². The molecule has 0 radical (unpaired) electrons. The minimum absolute atomic E-state index is 0.0294. The Bertz CT molecular complexity index is 863. The van der Waals surface area contributed by atoms with Crippen LogP contribution in [-0.4, -0.2) is 65.4 Å². The quantitative estimate of drug-likeness (QED) is 0.862. The summed E-state index contributed by atoms with van der Waals surface area (Å²) in [6, 6.07) is 9.32. The molecule has 1 aromatic carbocycles. The van der Waals surface area contributed by atoms with Crippen LogP contribution in [0.5, 0.6) is 5.75 Å². The third-order valence-corrected chi connectivity index (χ3v) is 5.45. The Morgan fingerprint density at radius 3 is 2.74 bits per heavy atom. The van der Waals surface area contributed by atoms with E-state index >= 15 is 0 Å². The van der Waals surface area contributed by atoms with Crippen LogP contribution in [0.25, 0.3) is 10.9 Å². The van der Waals surface area contributed by atoms with Crippen LogP contribution in [0.15, 0.2) is 30.3 Å². The van der Waals surface area contributed by atoms with Crippen LogP contribution in [0, 0.1) is 0 Å². The predicted molar refractivity (Wildman–Crippen MR) is 102 cm³/mol. The minimum atomic E-state index is -0.620.